The summed E-state index contributed by atoms with van der Waals surface area (Å²) in [5.74, 6) is -1.56. The van der Waals surface area contributed by atoms with Crippen LogP contribution in [0, 0.1) is 5.92 Å². The van der Waals surface area contributed by atoms with Crippen molar-refractivity contribution in [1.29, 1.82) is 0 Å². The standard InChI is InChI=1S/C10H11F3N4O/c11-10(12,13)9-15-7(16-17-9)5-14-8(18)6-3-1-2-4-6/h1-2,6H,3-5H2,(H,14,18)(H,15,16,17). The molecule has 0 unspecified atom stereocenters. The summed E-state index contributed by atoms with van der Waals surface area (Å²) < 4.78 is 36.6. The van der Waals surface area contributed by atoms with Crippen molar-refractivity contribution in [2.75, 3.05) is 0 Å². The van der Waals surface area contributed by atoms with Crippen LogP contribution in [0.4, 0.5) is 13.2 Å². The first kappa shape index (κ1) is 12.6. The molecule has 0 bridgehead atoms. The first-order chi connectivity index (χ1) is 8.47. The van der Waals surface area contributed by atoms with Crippen molar-refractivity contribution in [2.45, 2.75) is 25.6 Å². The zero-order chi connectivity index (χ0) is 13.2. The zero-order valence-corrected chi connectivity index (χ0v) is 9.29. The lowest BCUT2D eigenvalue weighted by atomic mass is 10.1. The molecular weight excluding hydrogens is 249 g/mol. The van der Waals surface area contributed by atoms with Gasteiger partial charge in [0.15, 0.2) is 0 Å². The number of halogens is 3. The molecule has 0 spiro atoms. The third kappa shape index (κ3) is 2.88. The van der Waals surface area contributed by atoms with Crippen LogP contribution in [0.3, 0.4) is 0 Å². The molecule has 0 fully saturated rings. The van der Waals surface area contributed by atoms with Gasteiger partial charge in [0.25, 0.3) is 5.82 Å². The molecule has 1 aromatic heterocycles. The van der Waals surface area contributed by atoms with E-state index in [1.165, 1.54) is 0 Å². The van der Waals surface area contributed by atoms with Gasteiger partial charge in [-0.3, -0.25) is 9.89 Å². The second-order valence-electron chi connectivity index (χ2n) is 3.96. The number of alkyl halides is 3. The van der Waals surface area contributed by atoms with E-state index in [0.29, 0.717) is 12.8 Å². The van der Waals surface area contributed by atoms with Crippen LogP contribution >= 0.6 is 0 Å². The van der Waals surface area contributed by atoms with Gasteiger partial charge in [-0.25, -0.2) is 4.98 Å². The molecule has 18 heavy (non-hydrogen) atoms. The Balaban J connectivity index is 1.86. The normalized spacial score (nSPS) is 16.2. The van der Waals surface area contributed by atoms with Gasteiger partial charge in [-0.15, -0.1) is 5.10 Å². The summed E-state index contributed by atoms with van der Waals surface area (Å²) in [7, 11) is 0. The molecule has 1 amide bonds. The molecule has 1 heterocycles. The van der Waals surface area contributed by atoms with Gasteiger partial charge in [0, 0.05) is 5.92 Å². The van der Waals surface area contributed by atoms with E-state index in [9.17, 15) is 18.0 Å². The highest BCUT2D eigenvalue weighted by atomic mass is 19.4. The van der Waals surface area contributed by atoms with Gasteiger partial charge in [0.2, 0.25) is 5.91 Å². The molecule has 98 valence electrons. The maximum atomic E-state index is 12.2. The average molecular weight is 260 g/mol. The van der Waals surface area contributed by atoms with Gasteiger partial charge in [-0.1, -0.05) is 12.2 Å². The van der Waals surface area contributed by atoms with Crippen LogP contribution in [0.2, 0.25) is 0 Å². The maximum Gasteiger partial charge on any atom is 0.453 e. The van der Waals surface area contributed by atoms with Crippen LogP contribution in [0.25, 0.3) is 0 Å². The fourth-order valence-corrected chi connectivity index (χ4v) is 1.65. The number of aromatic amines is 1. The highest BCUT2D eigenvalue weighted by Gasteiger charge is 2.36. The minimum atomic E-state index is -4.58. The summed E-state index contributed by atoms with van der Waals surface area (Å²) in [5, 5.41) is 7.71. The van der Waals surface area contributed by atoms with Crippen molar-refractivity contribution in [3.8, 4) is 0 Å². The largest absolute Gasteiger partial charge is 0.453 e. The van der Waals surface area contributed by atoms with E-state index in [-0.39, 0.29) is 24.2 Å². The van der Waals surface area contributed by atoms with Crippen molar-refractivity contribution >= 4 is 5.91 Å². The predicted octanol–water partition coefficient (Wildman–Crippen LogP) is 1.41. The SMILES string of the molecule is O=C(NCc1nc(C(F)(F)F)n[nH]1)C1CC=CC1. The summed E-state index contributed by atoms with van der Waals surface area (Å²) in [6, 6.07) is 0. The second kappa shape index (κ2) is 4.79. The third-order valence-corrected chi connectivity index (χ3v) is 2.59. The van der Waals surface area contributed by atoms with Crippen LogP contribution < -0.4 is 5.32 Å². The third-order valence-electron chi connectivity index (χ3n) is 2.59. The van der Waals surface area contributed by atoms with Crippen molar-refractivity contribution in [1.82, 2.24) is 20.5 Å². The number of hydrogen-bond donors (Lipinski definition) is 2. The highest BCUT2D eigenvalue weighted by Crippen LogP contribution is 2.25. The van der Waals surface area contributed by atoms with Gasteiger partial charge in [0.1, 0.15) is 5.82 Å². The van der Waals surface area contributed by atoms with E-state index in [2.05, 4.69) is 20.5 Å². The van der Waals surface area contributed by atoms with Gasteiger partial charge in [0.05, 0.1) is 6.54 Å². The van der Waals surface area contributed by atoms with Crippen LogP contribution in [0.15, 0.2) is 12.2 Å². The number of amides is 1. The molecule has 0 saturated carbocycles. The van der Waals surface area contributed by atoms with Gasteiger partial charge < -0.3 is 5.32 Å². The molecule has 0 aliphatic heterocycles. The Hall–Kier alpha value is -1.86. The van der Waals surface area contributed by atoms with Gasteiger partial charge in [-0.2, -0.15) is 13.2 Å². The Kier molecular flexibility index (Phi) is 3.35. The summed E-state index contributed by atoms with van der Waals surface area (Å²) in [4.78, 5) is 14.8. The number of carbonyl (C=O) groups excluding carboxylic acids is 1. The number of nitrogens with one attached hydrogen (secondary N) is 2. The number of aromatic nitrogens is 3. The second-order valence-corrected chi connectivity index (χ2v) is 3.96. The Morgan fingerprint density at radius 2 is 2.11 bits per heavy atom. The molecular formula is C10H11F3N4O. The van der Waals surface area contributed by atoms with Crippen molar-refractivity contribution in [2.24, 2.45) is 5.92 Å². The summed E-state index contributed by atoms with van der Waals surface area (Å²) >= 11 is 0. The van der Waals surface area contributed by atoms with E-state index in [1.807, 2.05) is 12.2 Å². The minimum absolute atomic E-state index is 0.0124. The number of rotatable bonds is 3. The summed E-state index contributed by atoms with van der Waals surface area (Å²) in [6.45, 7) is -0.0849. The Morgan fingerprint density at radius 1 is 1.44 bits per heavy atom. The van der Waals surface area contributed by atoms with Crippen LogP contribution in [-0.2, 0) is 17.5 Å². The lowest BCUT2D eigenvalue weighted by Crippen LogP contribution is -2.29. The van der Waals surface area contributed by atoms with E-state index in [4.69, 9.17) is 0 Å². The lowest BCUT2D eigenvalue weighted by molar-refractivity contribution is -0.144. The number of carbonyl (C=O) groups is 1. The van der Waals surface area contributed by atoms with Crippen molar-refractivity contribution < 1.29 is 18.0 Å². The predicted molar refractivity (Wildman–Crippen MR) is 55.1 cm³/mol. The number of H-pyrrole nitrogens is 1. The van der Waals surface area contributed by atoms with E-state index >= 15 is 0 Å². The number of allylic oxidation sites excluding steroid dienone is 2. The van der Waals surface area contributed by atoms with Gasteiger partial charge in [-0.05, 0) is 12.8 Å². The number of nitrogens with zero attached hydrogens (tertiary/aromatic N) is 2. The topological polar surface area (TPSA) is 70.7 Å². The zero-order valence-electron chi connectivity index (χ0n) is 9.29. The maximum absolute atomic E-state index is 12.2. The molecule has 1 aliphatic rings. The molecule has 5 nitrogen and oxygen atoms in total. The fourth-order valence-electron chi connectivity index (χ4n) is 1.65. The molecule has 2 N–H and O–H groups in total. The summed E-state index contributed by atoms with van der Waals surface area (Å²) in [6.07, 6.45) is 0.557. The Morgan fingerprint density at radius 3 is 2.67 bits per heavy atom. The quantitative estimate of drug-likeness (QED) is 0.807. The lowest BCUT2D eigenvalue weighted by Gasteiger charge is -2.08. The van der Waals surface area contributed by atoms with Gasteiger partial charge >= 0.3 is 6.18 Å². The Labute approximate surface area is 100 Å². The molecule has 2 rings (SSSR count). The molecule has 0 saturated heterocycles. The molecule has 1 aliphatic carbocycles. The van der Waals surface area contributed by atoms with Crippen molar-refractivity contribution in [3.05, 3.63) is 23.8 Å². The van der Waals surface area contributed by atoms with E-state index in [1.54, 1.807) is 0 Å². The Bertz CT molecular complexity index is 458. The fraction of sp³-hybridized carbons (Fsp3) is 0.500. The first-order valence-corrected chi connectivity index (χ1v) is 5.38. The number of hydrogen-bond acceptors (Lipinski definition) is 3. The molecule has 1 aromatic rings. The van der Waals surface area contributed by atoms with E-state index in [0.717, 1.165) is 0 Å². The molecule has 8 heteroatoms. The molecule has 0 radical (unpaired) electrons. The highest BCUT2D eigenvalue weighted by molar-refractivity contribution is 5.79. The van der Waals surface area contributed by atoms with Crippen LogP contribution in [0.1, 0.15) is 24.5 Å². The van der Waals surface area contributed by atoms with Crippen LogP contribution in [0.5, 0.6) is 0 Å². The average Bonchev–Trinajstić information content (AvgIpc) is 2.96. The van der Waals surface area contributed by atoms with Crippen molar-refractivity contribution in [3.63, 3.8) is 0 Å². The monoisotopic (exact) mass is 260 g/mol. The minimum Gasteiger partial charge on any atom is -0.349 e. The molecule has 0 atom stereocenters. The van der Waals surface area contributed by atoms with Crippen LogP contribution in [-0.4, -0.2) is 21.1 Å². The first-order valence-electron chi connectivity index (χ1n) is 5.38. The van der Waals surface area contributed by atoms with E-state index < -0.39 is 12.0 Å². The summed E-state index contributed by atoms with van der Waals surface area (Å²) in [5.41, 5.74) is 0. The molecule has 0 aromatic carbocycles. The smallest absolute Gasteiger partial charge is 0.349 e.